The molecule has 3 aromatic rings. The fraction of sp³-hybridized carbons (Fsp3) is 0.188. The van der Waals surface area contributed by atoms with Crippen molar-refractivity contribution < 1.29 is 5.11 Å². The van der Waals surface area contributed by atoms with E-state index in [1.165, 1.54) is 12.3 Å². The zero-order valence-electron chi connectivity index (χ0n) is 13.0. The molecule has 1 aromatic carbocycles. The number of aromatic hydroxyl groups is 1. The van der Waals surface area contributed by atoms with E-state index in [0.717, 1.165) is 22.8 Å². The lowest BCUT2D eigenvalue weighted by atomic mass is 10.1. The molecule has 0 saturated heterocycles. The Hall–Kier alpha value is -2.60. The Balaban J connectivity index is 2.29. The Kier molecular flexibility index (Phi) is 3.69. The van der Waals surface area contributed by atoms with Gasteiger partial charge in [0.1, 0.15) is 23.1 Å². The lowest BCUT2D eigenvalue weighted by Gasteiger charge is -2.13. The first kappa shape index (κ1) is 15.3. The second-order valence-electron chi connectivity index (χ2n) is 5.30. The van der Waals surface area contributed by atoms with Crippen molar-refractivity contribution in [1.82, 2.24) is 19.5 Å². The van der Waals surface area contributed by atoms with Crippen LogP contribution in [0.4, 0.5) is 5.82 Å². The molecule has 118 valence electrons. The molecule has 6 nitrogen and oxygen atoms in total. The van der Waals surface area contributed by atoms with Gasteiger partial charge < -0.3 is 10.8 Å². The second kappa shape index (κ2) is 5.55. The number of halogens is 1. The van der Waals surface area contributed by atoms with Crippen LogP contribution in [0.5, 0.6) is 5.75 Å². The molecule has 0 bridgehead atoms. The van der Waals surface area contributed by atoms with Crippen LogP contribution in [0.2, 0.25) is 5.02 Å². The van der Waals surface area contributed by atoms with Gasteiger partial charge in [-0.25, -0.2) is 15.0 Å². The highest BCUT2D eigenvalue weighted by atomic mass is 35.5. The van der Waals surface area contributed by atoms with Crippen LogP contribution in [0.15, 0.2) is 24.4 Å². The highest BCUT2D eigenvalue weighted by Gasteiger charge is 2.17. The van der Waals surface area contributed by atoms with E-state index in [9.17, 15) is 5.11 Å². The zero-order valence-corrected chi connectivity index (χ0v) is 13.8. The molecule has 0 aliphatic carbocycles. The van der Waals surface area contributed by atoms with Crippen LogP contribution in [0.1, 0.15) is 17.2 Å². The maximum absolute atomic E-state index is 9.61. The van der Waals surface area contributed by atoms with Crippen molar-refractivity contribution in [1.29, 1.82) is 0 Å². The number of nitrogens with zero attached hydrogens (tertiary/aromatic N) is 4. The van der Waals surface area contributed by atoms with Gasteiger partial charge in [0.05, 0.1) is 16.9 Å². The van der Waals surface area contributed by atoms with Crippen LogP contribution >= 0.6 is 11.6 Å². The molecule has 0 saturated carbocycles. The smallest absolute Gasteiger partial charge is 0.167 e. The van der Waals surface area contributed by atoms with Gasteiger partial charge in [0.25, 0.3) is 0 Å². The molecule has 23 heavy (non-hydrogen) atoms. The summed E-state index contributed by atoms with van der Waals surface area (Å²) in [5, 5.41) is 9.86. The van der Waals surface area contributed by atoms with Crippen molar-refractivity contribution in [3.8, 4) is 22.8 Å². The first-order valence-corrected chi connectivity index (χ1v) is 7.40. The fourth-order valence-corrected chi connectivity index (χ4v) is 2.68. The van der Waals surface area contributed by atoms with Gasteiger partial charge in [-0.1, -0.05) is 11.6 Å². The van der Waals surface area contributed by atoms with Crippen LogP contribution in [0.3, 0.4) is 0 Å². The largest absolute Gasteiger partial charge is 0.506 e. The highest BCUT2D eigenvalue weighted by molar-refractivity contribution is 6.32. The minimum absolute atomic E-state index is 0.0196. The molecule has 0 aliphatic heterocycles. The molecule has 0 atom stereocenters. The predicted molar refractivity (Wildman–Crippen MR) is 89.9 cm³/mol. The molecule has 0 radical (unpaired) electrons. The summed E-state index contributed by atoms with van der Waals surface area (Å²) in [7, 11) is 0. The maximum atomic E-state index is 9.61. The van der Waals surface area contributed by atoms with Crippen molar-refractivity contribution in [2.24, 2.45) is 0 Å². The van der Waals surface area contributed by atoms with E-state index in [1.54, 1.807) is 12.1 Å². The van der Waals surface area contributed by atoms with E-state index < -0.39 is 0 Å². The molecule has 0 aliphatic rings. The van der Waals surface area contributed by atoms with Crippen molar-refractivity contribution >= 4 is 17.4 Å². The number of nitrogen functional groups attached to an aromatic ring is 1. The first-order valence-electron chi connectivity index (χ1n) is 7.03. The minimum atomic E-state index is 0.0196. The number of rotatable bonds is 2. The Bertz CT molecular complexity index is 904. The normalized spacial score (nSPS) is 11.0. The molecular formula is C16H16ClN5O. The molecular weight excluding hydrogens is 314 g/mol. The van der Waals surface area contributed by atoms with Gasteiger partial charge >= 0.3 is 0 Å². The molecule has 2 aromatic heterocycles. The van der Waals surface area contributed by atoms with E-state index in [2.05, 4.69) is 15.0 Å². The van der Waals surface area contributed by atoms with Crippen LogP contribution in [-0.4, -0.2) is 24.6 Å². The Morgan fingerprint density at radius 3 is 2.52 bits per heavy atom. The van der Waals surface area contributed by atoms with Crippen molar-refractivity contribution in [3.05, 3.63) is 46.6 Å². The zero-order chi connectivity index (χ0) is 16.7. The number of nitrogens with two attached hydrogens (primary N) is 1. The third-order valence-corrected chi connectivity index (χ3v) is 4.02. The van der Waals surface area contributed by atoms with Gasteiger partial charge in [-0.15, -0.1) is 0 Å². The molecule has 2 heterocycles. The van der Waals surface area contributed by atoms with E-state index in [1.807, 2.05) is 25.3 Å². The van der Waals surface area contributed by atoms with Crippen molar-refractivity contribution in [2.75, 3.05) is 5.73 Å². The van der Waals surface area contributed by atoms with Crippen LogP contribution < -0.4 is 5.73 Å². The Labute approximate surface area is 138 Å². The lowest BCUT2D eigenvalue weighted by Crippen LogP contribution is -2.08. The van der Waals surface area contributed by atoms with E-state index in [0.29, 0.717) is 17.3 Å². The fourth-order valence-electron chi connectivity index (χ4n) is 2.50. The third kappa shape index (κ3) is 2.61. The predicted octanol–water partition coefficient (Wildman–Crippen LogP) is 3.20. The van der Waals surface area contributed by atoms with Crippen molar-refractivity contribution in [2.45, 2.75) is 20.8 Å². The number of aryl methyl sites for hydroxylation is 2. The summed E-state index contributed by atoms with van der Waals surface area (Å²) in [6.45, 7) is 5.81. The number of phenols is 1. The summed E-state index contributed by atoms with van der Waals surface area (Å²) >= 11 is 6.02. The molecule has 0 unspecified atom stereocenters. The third-order valence-electron chi connectivity index (χ3n) is 3.72. The lowest BCUT2D eigenvalue weighted by molar-refractivity contribution is 0.475. The average Bonchev–Trinajstić information content (AvgIpc) is 2.75. The van der Waals surface area contributed by atoms with E-state index >= 15 is 0 Å². The summed E-state index contributed by atoms with van der Waals surface area (Å²) in [5.74, 6) is 1.72. The standard InChI is InChI=1S/C16H16ClN5O/c1-8-9(2)22(10(3)20-8)16-15(19-7-14(18)21-16)11-4-5-13(23)12(17)6-11/h4-7,23H,1-3H3,(H2,18,21). The van der Waals surface area contributed by atoms with Crippen LogP contribution in [0, 0.1) is 20.8 Å². The van der Waals surface area contributed by atoms with Gasteiger partial charge in [-0.05, 0) is 39.0 Å². The minimum Gasteiger partial charge on any atom is -0.506 e. The summed E-state index contributed by atoms with van der Waals surface area (Å²) in [5.41, 5.74) is 9.07. The second-order valence-corrected chi connectivity index (χ2v) is 5.71. The number of hydrogen-bond acceptors (Lipinski definition) is 5. The maximum Gasteiger partial charge on any atom is 0.167 e. The number of imidazole rings is 1. The van der Waals surface area contributed by atoms with Crippen LogP contribution in [-0.2, 0) is 0 Å². The molecule has 7 heteroatoms. The van der Waals surface area contributed by atoms with Gasteiger partial charge in [0.15, 0.2) is 5.82 Å². The first-order chi connectivity index (χ1) is 10.9. The summed E-state index contributed by atoms with van der Waals surface area (Å²) < 4.78 is 1.91. The van der Waals surface area contributed by atoms with Gasteiger partial charge in [-0.2, -0.15) is 0 Å². The van der Waals surface area contributed by atoms with E-state index in [4.69, 9.17) is 17.3 Å². The Morgan fingerprint density at radius 2 is 1.91 bits per heavy atom. The van der Waals surface area contributed by atoms with Gasteiger partial charge in [0.2, 0.25) is 0 Å². The average molecular weight is 330 g/mol. The monoisotopic (exact) mass is 329 g/mol. The topological polar surface area (TPSA) is 89.9 Å². The summed E-state index contributed by atoms with van der Waals surface area (Å²) in [6, 6.07) is 4.91. The molecule has 0 fully saturated rings. The van der Waals surface area contributed by atoms with E-state index in [-0.39, 0.29) is 10.8 Å². The number of aromatic nitrogens is 4. The quantitative estimate of drug-likeness (QED) is 0.753. The molecule has 0 spiro atoms. The number of hydrogen-bond donors (Lipinski definition) is 2. The number of phenolic OH excluding ortho intramolecular Hbond substituents is 1. The summed E-state index contributed by atoms with van der Waals surface area (Å²) in [4.78, 5) is 13.3. The highest BCUT2D eigenvalue weighted by Crippen LogP contribution is 2.32. The SMILES string of the molecule is Cc1nc(C)n(-c2nc(N)cnc2-c2ccc(O)c(Cl)c2)c1C. The summed E-state index contributed by atoms with van der Waals surface area (Å²) in [6.07, 6.45) is 1.49. The van der Waals surface area contributed by atoms with Gasteiger partial charge in [-0.3, -0.25) is 4.57 Å². The van der Waals surface area contributed by atoms with Crippen molar-refractivity contribution in [3.63, 3.8) is 0 Å². The number of benzene rings is 1. The molecule has 3 rings (SSSR count). The number of anilines is 1. The Morgan fingerprint density at radius 1 is 1.17 bits per heavy atom. The molecule has 3 N–H and O–H groups in total. The van der Waals surface area contributed by atoms with Gasteiger partial charge in [0, 0.05) is 11.3 Å². The molecule has 0 amide bonds. The van der Waals surface area contributed by atoms with Crippen LogP contribution in [0.25, 0.3) is 17.1 Å².